The predicted octanol–water partition coefficient (Wildman–Crippen LogP) is 4.08. The second kappa shape index (κ2) is 7.16. The molecule has 2 aromatic carbocycles. The van der Waals surface area contributed by atoms with Crippen molar-refractivity contribution in [1.82, 2.24) is 0 Å². The Bertz CT molecular complexity index is 803. The molecule has 1 unspecified atom stereocenters. The smallest absolute Gasteiger partial charge is 0.225 e. The zero-order valence-corrected chi connectivity index (χ0v) is 14.4. The Morgan fingerprint density at radius 2 is 1.67 bits per heavy atom. The van der Waals surface area contributed by atoms with Gasteiger partial charge in [0.2, 0.25) is 10.0 Å². The lowest BCUT2D eigenvalue weighted by Gasteiger charge is -2.22. The van der Waals surface area contributed by atoms with Gasteiger partial charge in [-0.2, -0.15) is 13.2 Å². The summed E-state index contributed by atoms with van der Waals surface area (Å²) in [6.07, 6.45) is -4.58. The Labute approximate surface area is 143 Å². The van der Waals surface area contributed by atoms with E-state index in [1.54, 1.807) is 12.1 Å². The van der Waals surface area contributed by atoms with Crippen LogP contribution in [0, 0.1) is 6.92 Å². The fourth-order valence-corrected chi connectivity index (χ4v) is 4.07. The van der Waals surface area contributed by atoms with E-state index in [-0.39, 0.29) is 11.3 Å². The molecule has 0 aromatic heterocycles. The highest BCUT2D eigenvalue weighted by Gasteiger charge is 2.42. The summed E-state index contributed by atoms with van der Waals surface area (Å²) < 4.78 is 63.7. The third-order valence-corrected chi connectivity index (χ3v) is 5.52. The highest BCUT2D eigenvalue weighted by atomic mass is 32.2. The van der Waals surface area contributed by atoms with Crippen molar-refractivity contribution in [2.75, 3.05) is 5.75 Å². The van der Waals surface area contributed by atoms with E-state index >= 15 is 0 Å². The summed E-state index contributed by atoms with van der Waals surface area (Å²) in [7, 11) is -4.24. The standard InChI is InChI=1S/C16H16F3NO2S2/c1-11-6-8-12(9-7-11)23-10-14(16(17,18)19)13-4-2-3-5-15(13)24(20,21)22/h2-9,14H,10H2,1H3,(H2,20,21,22). The number of thioether (sulfide) groups is 1. The molecule has 2 N–H and O–H groups in total. The van der Waals surface area contributed by atoms with Gasteiger partial charge in [-0.05, 0) is 30.7 Å². The number of rotatable bonds is 5. The maximum atomic E-state index is 13.5. The molecule has 8 heteroatoms. The van der Waals surface area contributed by atoms with Gasteiger partial charge in [-0.25, -0.2) is 13.6 Å². The van der Waals surface area contributed by atoms with Crippen LogP contribution in [-0.4, -0.2) is 20.3 Å². The van der Waals surface area contributed by atoms with Gasteiger partial charge in [-0.3, -0.25) is 0 Å². The van der Waals surface area contributed by atoms with Crippen LogP contribution in [0.5, 0.6) is 0 Å². The Morgan fingerprint density at radius 1 is 1.08 bits per heavy atom. The first-order chi connectivity index (χ1) is 11.1. The molecule has 0 saturated carbocycles. The summed E-state index contributed by atoms with van der Waals surface area (Å²) in [6.45, 7) is 1.88. The quantitative estimate of drug-likeness (QED) is 0.801. The Kier molecular flexibility index (Phi) is 5.62. The van der Waals surface area contributed by atoms with Crippen molar-refractivity contribution in [2.45, 2.75) is 28.8 Å². The fraction of sp³-hybridized carbons (Fsp3) is 0.250. The molecule has 1 atom stereocenters. The first-order valence-corrected chi connectivity index (χ1v) is 9.50. The van der Waals surface area contributed by atoms with Gasteiger partial charge in [0.1, 0.15) is 0 Å². The van der Waals surface area contributed by atoms with E-state index < -0.39 is 27.0 Å². The summed E-state index contributed by atoms with van der Waals surface area (Å²) in [6, 6.07) is 12.1. The molecule has 0 fully saturated rings. The van der Waals surface area contributed by atoms with E-state index in [4.69, 9.17) is 5.14 Å². The summed E-state index contributed by atoms with van der Waals surface area (Å²) in [5, 5.41) is 5.06. The summed E-state index contributed by atoms with van der Waals surface area (Å²) in [4.78, 5) is 0.194. The molecule has 0 saturated heterocycles. The number of alkyl halides is 3. The zero-order chi connectivity index (χ0) is 18.0. The van der Waals surface area contributed by atoms with E-state index in [1.165, 1.54) is 12.1 Å². The molecular formula is C16H16F3NO2S2. The van der Waals surface area contributed by atoms with Crippen molar-refractivity contribution in [1.29, 1.82) is 0 Å². The second-order valence-electron chi connectivity index (χ2n) is 5.30. The maximum absolute atomic E-state index is 13.5. The minimum absolute atomic E-state index is 0.327. The first kappa shape index (κ1) is 18.8. The van der Waals surface area contributed by atoms with Crippen molar-refractivity contribution in [2.24, 2.45) is 5.14 Å². The Morgan fingerprint density at radius 3 is 2.21 bits per heavy atom. The van der Waals surface area contributed by atoms with Gasteiger partial charge < -0.3 is 0 Å². The molecular weight excluding hydrogens is 359 g/mol. The summed E-state index contributed by atoms with van der Waals surface area (Å²) in [5.74, 6) is -2.27. The summed E-state index contributed by atoms with van der Waals surface area (Å²) in [5.41, 5.74) is 0.679. The van der Waals surface area contributed by atoms with Crippen LogP contribution in [0.25, 0.3) is 0 Å². The highest BCUT2D eigenvalue weighted by molar-refractivity contribution is 7.99. The van der Waals surface area contributed by atoms with E-state index in [2.05, 4.69) is 0 Å². The van der Waals surface area contributed by atoms with Crippen molar-refractivity contribution in [3.8, 4) is 0 Å². The number of aryl methyl sites for hydroxylation is 1. The van der Waals surface area contributed by atoms with Gasteiger partial charge in [-0.15, -0.1) is 11.8 Å². The molecule has 2 aromatic rings. The number of sulfonamides is 1. The molecule has 0 aliphatic carbocycles. The van der Waals surface area contributed by atoms with Crippen LogP contribution in [0.3, 0.4) is 0 Å². The SMILES string of the molecule is Cc1ccc(SCC(c2ccccc2S(N)(=O)=O)C(F)(F)F)cc1. The van der Waals surface area contributed by atoms with Crippen LogP contribution in [0.1, 0.15) is 17.0 Å². The van der Waals surface area contributed by atoms with Gasteiger partial charge in [0.05, 0.1) is 10.8 Å². The molecule has 0 aliphatic rings. The lowest BCUT2D eigenvalue weighted by molar-refractivity contribution is -0.145. The molecule has 0 amide bonds. The van der Waals surface area contributed by atoms with Gasteiger partial charge in [0.25, 0.3) is 0 Å². The van der Waals surface area contributed by atoms with E-state index in [1.807, 2.05) is 19.1 Å². The molecule has 0 aliphatic heterocycles. The zero-order valence-electron chi connectivity index (χ0n) is 12.7. The molecule has 130 valence electrons. The third kappa shape index (κ3) is 4.75. The van der Waals surface area contributed by atoms with Crippen LogP contribution in [-0.2, 0) is 10.0 Å². The van der Waals surface area contributed by atoms with Crippen molar-refractivity contribution >= 4 is 21.8 Å². The molecule has 24 heavy (non-hydrogen) atoms. The first-order valence-electron chi connectivity index (χ1n) is 6.97. The largest absolute Gasteiger partial charge is 0.396 e. The third-order valence-electron chi connectivity index (χ3n) is 3.43. The number of hydrogen-bond acceptors (Lipinski definition) is 3. The van der Waals surface area contributed by atoms with E-state index in [0.717, 1.165) is 29.5 Å². The molecule has 0 spiro atoms. The Balaban J connectivity index is 2.35. The average Bonchev–Trinajstić information content (AvgIpc) is 2.47. The molecule has 3 nitrogen and oxygen atoms in total. The second-order valence-corrected chi connectivity index (χ2v) is 7.92. The topological polar surface area (TPSA) is 60.2 Å². The molecule has 2 rings (SSSR count). The predicted molar refractivity (Wildman–Crippen MR) is 88.5 cm³/mol. The minimum atomic E-state index is -4.58. The molecule has 0 heterocycles. The van der Waals surface area contributed by atoms with Gasteiger partial charge in [0, 0.05) is 10.6 Å². The average molecular weight is 375 g/mol. The van der Waals surface area contributed by atoms with Crippen molar-refractivity contribution < 1.29 is 21.6 Å². The van der Waals surface area contributed by atoms with Crippen LogP contribution in [0.2, 0.25) is 0 Å². The number of primary sulfonamides is 1. The number of benzene rings is 2. The highest BCUT2D eigenvalue weighted by Crippen LogP contribution is 2.40. The monoisotopic (exact) mass is 375 g/mol. The lowest BCUT2D eigenvalue weighted by atomic mass is 10.0. The van der Waals surface area contributed by atoms with E-state index in [9.17, 15) is 21.6 Å². The molecule has 0 bridgehead atoms. The van der Waals surface area contributed by atoms with E-state index in [0.29, 0.717) is 4.90 Å². The Hall–Kier alpha value is -1.51. The molecule has 0 radical (unpaired) electrons. The number of nitrogens with two attached hydrogens (primary N) is 1. The van der Waals surface area contributed by atoms with Crippen LogP contribution < -0.4 is 5.14 Å². The van der Waals surface area contributed by atoms with Gasteiger partial charge in [-0.1, -0.05) is 35.9 Å². The summed E-state index contributed by atoms with van der Waals surface area (Å²) >= 11 is 1.02. The van der Waals surface area contributed by atoms with Crippen LogP contribution >= 0.6 is 11.8 Å². The van der Waals surface area contributed by atoms with Gasteiger partial charge in [0.15, 0.2) is 0 Å². The number of hydrogen-bond donors (Lipinski definition) is 1. The van der Waals surface area contributed by atoms with Crippen LogP contribution in [0.4, 0.5) is 13.2 Å². The van der Waals surface area contributed by atoms with Crippen molar-refractivity contribution in [3.05, 3.63) is 59.7 Å². The number of halogens is 3. The van der Waals surface area contributed by atoms with Crippen LogP contribution in [0.15, 0.2) is 58.3 Å². The fourth-order valence-electron chi connectivity index (χ4n) is 2.20. The normalized spacial score (nSPS) is 13.7. The maximum Gasteiger partial charge on any atom is 0.396 e. The lowest BCUT2D eigenvalue weighted by Crippen LogP contribution is -2.26. The minimum Gasteiger partial charge on any atom is -0.225 e. The van der Waals surface area contributed by atoms with Gasteiger partial charge >= 0.3 is 6.18 Å². The van der Waals surface area contributed by atoms with Crippen molar-refractivity contribution in [3.63, 3.8) is 0 Å².